The molecule has 3 nitrogen and oxygen atoms in total. The van der Waals surface area contributed by atoms with E-state index in [0.29, 0.717) is 0 Å². The van der Waals surface area contributed by atoms with Crippen LogP contribution in [0.5, 0.6) is 0 Å². The minimum Gasteiger partial charge on any atom is -0.248 e. The Bertz CT molecular complexity index is 106. The van der Waals surface area contributed by atoms with Crippen LogP contribution in [0.15, 0.2) is 0 Å². The summed E-state index contributed by atoms with van der Waals surface area (Å²) in [6.07, 6.45) is 0. The van der Waals surface area contributed by atoms with Gasteiger partial charge < -0.3 is 0 Å². The molecule has 0 aliphatic rings. The highest BCUT2D eigenvalue weighted by Gasteiger charge is 0.980. The SMILES string of the molecule is N=C=S.N=C=S.N=C=S. The van der Waals surface area contributed by atoms with Crippen molar-refractivity contribution in [1.29, 1.82) is 16.2 Å². The van der Waals surface area contributed by atoms with Gasteiger partial charge in [0.15, 0.2) is 0 Å². The largest absolute Gasteiger partial charge is 0.248 e. The van der Waals surface area contributed by atoms with E-state index < -0.39 is 0 Å². The van der Waals surface area contributed by atoms with Gasteiger partial charge in [-0.3, -0.25) is 0 Å². The minimum atomic E-state index is 1.58. The predicted octanol–water partition coefficient (Wildman–Crippen LogP) is 2.00. The van der Waals surface area contributed by atoms with Crippen molar-refractivity contribution in [1.82, 2.24) is 0 Å². The molecule has 0 atom stereocenters. The molecule has 0 aliphatic carbocycles. The van der Waals surface area contributed by atoms with Crippen LogP contribution in [-0.2, 0) is 0 Å². The summed E-state index contributed by atoms with van der Waals surface area (Å²) in [5.41, 5.74) is 0. The smallest absolute Gasteiger partial charge is 0.0554 e. The lowest BCUT2D eigenvalue weighted by molar-refractivity contribution is 1.61. The standard InChI is InChI=1S/3CHNS/c3*2-1-3/h3*2H. The Morgan fingerprint density at radius 2 is 0.667 bits per heavy atom. The van der Waals surface area contributed by atoms with E-state index in [-0.39, 0.29) is 0 Å². The number of nitrogens with one attached hydrogen (secondary N) is 3. The Balaban J connectivity index is -0.0000000600. The van der Waals surface area contributed by atoms with Crippen molar-refractivity contribution in [2.24, 2.45) is 0 Å². The second-order valence-electron chi connectivity index (χ2n) is 0.306. The molecule has 6 heteroatoms. The summed E-state index contributed by atoms with van der Waals surface area (Å²) < 4.78 is 0. The lowest BCUT2D eigenvalue weighted by Crippen LogP contribution is -1.03. The van der Waals surface area contributed by atoms with Gasteiger partial charge in [-0.2, -0.15) is 0 Å². The molecular formula is C3H3N3S3. The highest BCUT2D eigenvalue weighted by Crippen LogP contribution is 1.17. The van der Waals surface area contributed by atoms with Crippen LogP contribution in [0.25, 0.3) is 0 Å². The van der Waals surface area contributed by atoms with Crippen LogP contribution in [0.4, 0.5) is 0 Å². The highest BCUT2D eigenvalue weighted by molar-refractivity contribution is 7.78. The second kappa shape index (κ2) is 52.6. The van der Waals surface area contributed by atoms with Gasteiger partial charge in [0.05, 0.1) is 15.5 Å². The van der Waals surface area contributed by atoms with E-state index in [9.17, 15) is 0 Å². The van der Waals surface area contributed by atoms with Crippen LogP contribution in [0.3, 0.4) is 0 Å². The van der Waals surface area contributed by atoms with Crippen LogP contribution in [0.1, 0.15) is 0 Å². The maximum Gasteiger partial charge on any atom is 0.0554 e. The lowest BCUT2D eigenvalue weighted by atomic mass is 11.8. The van der Waals surface area contributed by atoms with Gasteiger partial charge in [0.1, 0.15) is 0 Å². The number of hydrogen-bond acceptors (Lipinski definition) is 6. The summed E-state index contributed by atoms with van der Waals surface area (Å²) in [4.78, 5) is 0. The third-order valence-electron chi connectivity index (χ3n) is 0. The first kappa shape index (κ1) is 15.8. The minimum absolute atomic E-state index is 1.58. The van der Waals surface area contributed by atoms with Gasteiger partial charge in [-0.25, -0.2) is 16.2 Å². The van der Waals surface area contributed by atoms with Crippen LogP contribution in [0, 0.1) is 16.2 Å². The Labute approximate surface area is 68.6 Å². The molecule has 0 saturated heterocycles. The van der Waals surface area contributed by atoms with Crippen molar-refractivity contribution in [2.45, 2.75) is 0 Å². The van der Waals surface area contributed by atoms with E-state index in [1.54, 1.807) is 15.5 Å². The molecule has 0 aromatic carbocycles. The summed E-state index contributed by atoms with van der Waals surface area (Å²) in [7, 11) is 0. The maximum absolute atomic E-state index is 5.77. The first-order valence-corrected chi connectivity index (χ1v) is 2.59. The molecule has 0 aromatic heterocycles. The normalized spacial score (nSPS) is 2.67. The second-order valence-corrected chi connectivity index (χ2v) is 0.919. The van der Waals surface area contributed by atoms with Crippen molar-refractivity contribution in [2.75, 3.05) is 0 Å². The third-order valence-corrected chi connectivity index (χ3v) is 0. The quantitative estimate of drug-likeness (QED) is 0.391. The monoisotopic (exact) mass is 177 g/mol. The average Bonchev–Trinajstić information content (AvgIpc) is 1.70. The highest BCUT2D eigenvalue weighted by atomic mass is 32.1. The molecule has 0 heterocycles. The first-order chi connectivity index (χ1) is 4.24. The van der Waals surface area contributed by atoms with Crippen molar-refractivity contribution in [3.8, 4) is 0 Å². The van der Waals surface area contributed by atoms with E-state index in [1.807, 2.05) is 0 Å². The topological polar surface area (TPSA) is 71.6 Å². The van der Waals surface area contributed by atoms with Crippen LogP contribution < -0.4 is 0 Å². The summed E-state index contributed by atoms with van der Waals surface area (Å²) in [5, 5.41) is 22.1. The van der Waals surface area contributed by atoms with Crippen molar-refractivity contribution < 1.29 is 0 Å². The molecule has 9 heavy (non-hydrogen) atoms. The molecule has 3 N–H and O–H groups in total. The number of rotatable bonds is 0. The Morgan fingerprint density at radius 3 is 0.667 bits per heavy atom. The number of isothiocyanates is 3. The van der Waals surface area contributed by atoms with Gasteiger partial charge in [-0.1, -0.05) is 0 Å². The van der Waals surface area contributed by atoms with Gasteiger partial charge in [-0.05, 0) is 36.7 Å². The fraction of sp³-hybridized carbons (Fsp3) is 0. The van der Waals surface area contributed by atoms with Gasteiger partial charge in [-0.15, -0.1) is 0 Å². The zero-order valence-electron chi connectivity index (χ0n) is 4.22. The van der Waals surface area contributed by atoms with Crippen molar-refractivity contribution in [3.05, 3.63) is 0 Å². The Kier molecular flexibility index (Phi) is 92.2. The number of thiocarbonyl (C=S) groups is 3. The molecule has 0 aliphatic heterocycles. The zero-order valence-corrected chi connectivity index (χ0v) is 6.67. The van der Waals surface area contributed by atoms with E-state index in [4.69, 9.17) is 16.2 Å². The molecular weight excluding hydrogens is 174 g/mol. The maximum atomic E-state index is 5.77. The Morgan fingerprint density at radius 1 is 0.667 bits per heavy atom. The average molecular weight is 177 g/mol. The van der Waals surface area contributed by atoms with Crippen LogP contribution >= 0.6 is 36.7 Å². The summed E-state index contributed by atoms with van der Waals surface area (Å²) in [6.45, 7) is 0. The summed E-state index contributed by atoms with van der Waals surface area (Å²) in [6, 6.07) is 0. The molecule has 0 saturated carbocycles. The van der Waals surface area contributed by atoms with Crippen molar-refractivity contribution in [3.63, 3.8) is 0 Å². The van der Waals surface area contributed by atoms with Gasteiger partial charge in [0, 0.05) is 0 Å². The fourth-order valence-electron chi connectivity index (χ4n) is 0. The molecule has 0 amide bonds. The summed E-state index contributed by atoms with van der Waals surface area (Å²) in [5.74, 6) is 0. The van der Waals surface area contributed by atoms with E-state index in [0.717, 1.165) is 0 Å². The van der Waals surface area contributed by atoms with E-state index >= 15 is 0 Å². The molecule has 0 radical (unpaired) electrons. The molecule has 0 fully saturated rings. The van der Waals surface area contributed by atoms with Crippen LogP contribution in [-0.4, -0.2) is 15.5 Å². The number of hydrogen-bond donors (Lipinski definition) is 3. The molecule has 0 rings (SSSR count). The fourth-order valence-corrected chi connectivity index (χ4v) is 0. The molecule has 0 bridgehead atoms. The van der Waals surface area contributed by atoms with Crippen LogP contribution in [0.2, 0.25) is 0 Å². The zero-order chi connectivity index (χ0) is 8.12. The van der Waals surface area contributed by atoms with E-state index in [2.05, 4.69) is 36.7 Å². The first-order valence-electron chi connectivity index (χ1n) is 1.36. The lowest BCUT2D eigenvalue weighted by Gasteiger charge is -1.05. The molecule has 0 unspecified atom stereocenters. The molecule has 0 aromatic rings. The molecule has 0 spiro atoms. The molecule has 48 valence electrons. The third kappa shape index (κ3) is 599. The van der Waals surface area contributed by atoms with Gasteiger partial charge in [0.25, 0.3) is 0 Å². The summed E-state index contributed by atoms with van der Waals surface area (Å²) >= 11 is 11.4. The van der Waals surface area contributed by atoms with Gasteiger partial charge in [0.2, 0.25) is 0 Å². The van der Waals surface area contributed by atoms with Crippen molar-refractivity contribution >= 4 is 52.1 Å². The Hall–Kier alpha value is -0.600. The van der Waals surface area contributed by atoms with E-state index in [1.165, 1.54) is 0 Å². The predicted molar refractivity (Wildman–Crippen MR) is 46.0 cm³/mol. The van der Waals surface area contributed by atoms with Gasteiger partial charge >= 0.3 is 0 Å².